The second kappa shape index (κ2) is 7.83. The number of nitrogens with one attached hydrogen (secondary N) is 1. The Morgan fingerprint density at radius 3 is 2.81 bits per heavy atom. The van der Waals surface area contributed by atoms with Crippen molar-refractivity contribution in [3.63, 3.8) is 0 Å². The van der Waals surface area contributed by atoms with E-state index in [0.717, 1.165) is 29.1 Å². The highest BCUT2D eigenvalue weighted by Crippen LogP contribution is 2.22. The van der Waals surface area contributed by atoms with Gasteiger partial charge in [-0.2, -0.15) is 0 Å². The summed E-state index contributed by atoms with van der Waals surface area (Å²) in [6, 6.07) is 5.77. The molecule has 1 aromatic carbocycles. The van der Waals surface area contributed by atoms with E-state index in [1.54, 1.807) is 6.20 Å². The Bertz CT molecular complexity index is 812. The highest BCUT2D eigenvalue weighted by Gasteiger charge is 2.30. The van der Waals surface area contributed by atoms with Crippen molar-refractivity contribution in [2.24, 2.45) is 7.05 Å². The van der Waals surface area contributed by atoms with Gasteiger partial charge in [0.2, 0.25) is 5.91 Å². The first-order valence-electron chi connectivity index (χ1n) is 9.05. The summed E-state index contributed by atoms with van der Waals surface area (Å²) in [6.45, 7) is 5.98. The minimum absolute atomic E-state index is 0.0122. The fraction of sp³-hybridized carbons (Fsp3) is 0.450. The molecular weight excluding hydrogens is 328 g/mol. The largest absolute Gasteiger partial charge is 0.336 e. The molecule has 3 rings (SSSR count). The molecule has 26 heavy (non-hydrogen) atoms. The summed E-state index contributed by atoms with van der Waals surface area (Å²) in [4.78, 5) is 31.6. The van der Waals surface area contributed by atoms with E-state index >= 15 is 0 Å². The first kappa shape index (κ1) is 18.3. The lowest BCUT2D eigenvalue weighted by atomic mass is 9.99. The zero-order valence-corrected chi connectivity index (χ0v) is 15.7. The van der Waals surface area contributed by atoms with Crippen LogP contribution < -0.4 is 5.32 Å². The molecule has 6 nitrogen and oxygen atoms in total. The van der Waals surface area contributed by atoms with Crippen molar-refractivity contribution >= 4 is 11.7 Å². The van der Waals surface area contributed by atoms with Crippen molar-refractivity contribution in [3.05, 3.63) is 53.1 Å². The Morgan fingerprint density at radius 1 is 1.27 bits per heavy atom. The molecule has 0 aliphatic carbocycles. The van der Waals surface area contributed by atoms with E-state index in [9.17, 15) is 9.59 Å². The quantitative estimate of drug-likeness (QED) is 0.836. The number of hydrogen-bond donors (Lipinski definition) is 1. The Labute approximate surface area is 154 Å². The number of aromatic nitrogens is 2. The van der Waals surface area contributed by atoms with Gasteiger partial charge in [-0.3, -0.25) is 9.59 Å². The van der Waals surface area contributed by atoms with Crippen LogP contribution in [0.5, 0.6) is 0 Å². The summed E-state index contributed by atoms with van der Waals surface area (Å²) < 4.78 is 1.94. The van der Waals surface area contributed by atoms with Crippen molar-refractivity contribution in [1.29, 1.82) is 0 Å². The average Bonchev–Trinajstić information content (AvgIpc) is 3.07. The maximum atomic E-state index is 12.8. The number of Topliss-reactive ketones (excluding diaryl/α,β-unsaturated/α-hetero) is 1. The second-order valence-corrected chi connectivity index (χ2v) is 6.94. The van der Waals surface area contributed by atoms with Crippen molar-refractivity contribution in [2.45, 2.75) is 32.7 Å². The molecule has 1 N–H and O–H groups in total. The van der Waals surface area contributed by atoms with Gasteiger partial charge in [0.15, 0.2) is 5.78 Å². The Morgan fingerprint density at radius 2 is 2.08 bits per heavy atom. The molecule has 2 aromatic rings. The van der Waals surface area contributed by atoms with Crippen LogP contribution in [0.15, 0.2) is 30.6 Å². The first-order valence-corrected chi connectivity index (χ1v) is 9.05. The van der Waals surface area contributed by atoms with Gasteiger partial charge >= 0.3 is 0 Å². The Balaban J connectivity index is 1.67. The van der Waals surface area contributed by atoms with Crippen LogP contribution in [0.3, 0.4) is 0 Å². The van der Waals surface area contributed by atoms with Gasteiger partial charge in [0.25, 0.3) is 0 Å². The number of amides is 1. The molecule has 1 atom stereocenters. The number of hydrogen-bond acceptors (Lipinski definition) is 4. The Hall–Kier alpha value is -2.47. The summed E-state index contributed by atoms with van der Waals surface area (Å²) in [5, 5.41) is 3.33. The van der Waals surface area contributed by atoms with Crippen molar-refractivity contribution in [3.8, 4) is 0 Å². The molecule has 1 fully saturated rings. The summed E-state index contributed by atoms with van der Waals surface area (Å²) >= 11 is 0. The van der Waals surface area contributed by atoms with E-state index in [-0.39, 0.29) is 30.6 Å². The van der Waals surface area contributed by atoms with Crippen LogP contribution in [-0.4, -0.2) is 45.8 Å². The van der Waals surface area contributed by atoms with E-state index in [1.807, 2.05) is 54.8 Å². The predicted molar refractivity (Wildman–Crippen MR) is 100 cm³/mol. The number of benzene rings is 1. The molecule has 138 valence electrons. The highest BCUT2D eigenvalue weighted by atomic mass is 16.2. The molecule has 1 aliphatic heterocycles. The van der Waals surface area contributed by atoms with Gasteiger partial charge in [0.1, 0.15) is 11.9 Å². The zero-order chi connectivity index (χ0) is 18.7. The summed E-state index contributed by atoms with van der Waals surface area (Å²) in [5.41, 5.74) is 2.74. The van der Waals surface area contributed by atoms with Crippen molar-refractivity contribution in [2.75, 3.05) is 19.6 Å². The Kier molecular flexibility index (Phi) is 5.52. The fourth-order valence-corrected chi connectivity index (χ4v) is 3.47. The number of ketones is 1. The zero-order valence-electron chi connectivity index (χ0n) is 15.7. The van der Waals surface area contributed by atoms with Gasteiger partial charge in [-0.25, -0.2) is 4.98 Å². The standard InChI is InChI=1S/C20H26N4O2/c1-14-4-5-15(2)16(12-14)18(25)6-7-19(26)24-11-8-21-13-17(24)20-22-9-10-23(20)3/h4-5,9-10,12,17,21H,6-8,11,13H2,1-3H3. The first-order chi connectivity index (χ1) is 12.5. The minimum atomic E-state index is -0.0907. The van der Waals surface area contributed by atoms with Gasteiger partial charge in [-0.05, 0) is 25.5 Å². The van der Waals surface area contributed by atoms with Gasteiger partial charge < -0.3 is 14.8 Å². The number of aryl methyl sites for hydroxylation is 3. The third-order valence-corrected chi connectivity index (χ3v) is 4.98. The lowest BCUT2D eigenvalue weighted by Gasteiger charge is -2.35. The number of piperazine rings is 1. The number of carbonyl (C=O) groups is 2. The molecule has 1 saturated heterocycles. The average molecular weight is 354 g/mol. The molecule has 0 radical (unpaired) electrons. The van der Waals surface area contributed by atoms with Crippen LogP contribution in [0.1, 0.15) is 46.2 Å². The third kappa shape index (κ3) is 3.85. The van der Waals surface area contributed by atoms with Gasteiger partial charge in [0, 0.05) is 57.5 Å². The van der Waals surface area contributed by atoms with Crippen LogP contribution in [0, 0.1) is 13.8 Å². The van der Waals surface area contributed by atoms with Crippen LogP contribution >= 0.6 is 0 Å². The van der Waals surface area contributed by atoms with Crippen LogP contribution in [-0.2, 0) is 11.8 Å². The number of carbonyl (C=O) groups excluding carboxylic acids is 2. The van der Waals surface area contributed by atoms with E-state index in [0.29, 0.717) is 13.1 Å². The summed E-state index contributed by atoms with van der Waals surface area (Å²) in [6.07, 6.45) is 4.10. The lowest BCUT2D eigenvalue weighted by molar-refractivity contribution is -0.134. The molecule has 1 aliphatic rings. The highest BCUT2D eigenvalue weighted by molar-refractivity contribution is 5.99. The monoisotopic (exact) mass is 354 g/mol. The van der Waals surface area contributed by atoms with Gasteiger partial charge in [0.05, 0.1) is 0 Å². The molecule has 1 aromatic heterocycles. The summed E-state index contributed by atoms with van der Waals surface area (Å²) in [7, 11) is 1.93. The van der Waals surface area contributed by atoms with E-state index in [2.05, 4.69) is 10.3 Å². The fourth-order valence-electron chi connectivity index (χ4n) is 3.47. The third-order valence-electron chi connectivity index (χ3n) is 4.98. The number of imidazole rings is 1. The normalized spacial score (nSPS) is 17.3. The van der Waals surface area contributed by atoms with E-state index < -0.39 is 0 Å². The maximum absolute atomic E-state index is 12.8. The molecule has 2 heterocycles. The molecule has 1 unspecified atom stereocenters. The van der Waals surface area contributed by atoms with Crippen LogP contribution in [0.2, 0.25) is 0 Å². The maximum Gasteiger partial charge on any atom is 0.223 e. The van der Waals surface area contributed by atoms with Gasteiger partial charge in [-0.1, -0.05) is 17.7 Å². The van der Waals surface area contributed by atoms with Crippen molar-refractivity contribution in [1.82, 2.24) is 19.8 Å². The molecule has 0 spiro atoms. The van der Waals surface area contributed by atoms with Crippen molar-refractivity contribution < 1.29 is 9.59 Å². The molecule has 6 heteroatoms. The minimum Gasteiger partial charge on any atom is -0.336 e. The summed E-state index contributed by atoms with van der Waals surface area (Å²) in [5.74, 6) is 0.910. The smallest absolute Gasteiger partial charge is 0.223 e. The van der Waals surface area contributed by atoms with E-state index in [1.165, 1.54) is 0 Å². The van der Waals surface area contributed by atoms with E-state index in [4.69, 9.17) is 0 Å². The van der Waals surface area contributed by atoms with Crippen LogP contribution in [0.25, 0.3) is 0 Å². The topological polar surface area (TPSA) is 67.2 Å². The SMILES string of the molecule is Cc1ccc(C)c(C(=O)CCC(=O)N2CCNCC2c2nccn2C)c1. The molecule has 0 saturated carbocycles. The molecular formula is C20H26N4O2. The number of nitrogens with zero attached hydrogens (tertiary/aromatic N) is 3. The lowest BCUT2D eigenvalue weighted by Crippen LogP contribution is -2.49. The molecule has 0 bridgehead atoms. The number of rotatable bonds is 5. The second-order valence-electron chi connectivity index (χ2n) is 6.94. The van der Waals surface area contributed by atoms with Crippen LogP contribution in [0.4, 0.5) is 0 Å². The van der Waals surface area contributed by atoms with Gasteiger partial charge in [-0.15, -0.1) is 0 Å². The predicted octanol–water partition coefficient (Wildman–Crippen LogP) is 2.17. The molecule has 1 amide bonds.